The Bertz CT molecular complexity index is 1420. The Morgan fingerprint density at radius 1 is 1.13 bits per heavy atom. The number of anilines is 1. The number of hydrogen-bond donors (Lipinski definition) is 0. The molecule has 4 heterocycles. The third kappa shape index (κ3) is 5.26. The molecule has 0 amide bonds. The van der Waals surface area contributed by atoms with Crippen molar-refractivity contribution in [3.8, 4) is 11.8 Å². The number of fused-ring (bicyclic) bond motifs is 1. The SMILES string of the molecule is CCOC(=O)c1cnn(-c2nc(OC)c3c(cnn3Cc3ccc(N4CCC[C@H]4C(F)(F)F)cc3)n2)c1.S. The van der Waals surface area contributed by atoms with Gasteiger partial charge in [-0.1, -0.05) is 12.1 Å². The predicted octanol–water partition coefficient (Wildman–Crippen LogP) is 3.89. The maximum Gasteiger partial charge on any atom is 0.408 e. The number of ether oxygens (including phenoxy) is 2. The number of benzene rings is 1. The number of esters is 1. The van der Waals surface area contributed by atoms with E-state index >= 15 is 0 Å². The first kappa shape index (κ1) is 27.2. The van der Waals surface area contributed by atoms with Crippen molar-refractivity contribution in [3.63, 3.8) is 0 Å². The minimum absolute atomic E-state index is 0. The highest BCUT2D eigenvalue weighted by atomic mass is 32.1. The molecule has 1 saturated heterocycles. The van der Waals surface area contributed by atoms with Crippen LogP contribution in [0.1, 0.15) is 35.7 Å². The Morgan fingerprint density at radius 3 is 2.58 bits per heavy atom. The fourth-order valence-electron chi connectivity index (χ4n) is 4.45. The molecule has 0 radical (unpaired) electrons. The summed E-state index contributed by atoms with van der Waals surface area (Å²) < 4.78 is 53.5. The van der Waals surface area contributed by atoms with E-state index < -0.39 is 18.2 Å². The third-order valence-electron chi connectivity index (χ3n) is 6.17. The van der Waals surface area contributed by atoms with Crippen LogP contribution in [0.4, 0.5) is 18.9 Å². The average Bonchev–Trinajstić information content (AvgIpc) is 3.64. The summed E-state index contributed by atoms with van der Waals surface area (Å²) in [6.07, 6.45) is 0.754. The van der Waals surface area contributed by atoms with Gasteiger partial charge < -0.3 is 14.4 Å². The lowest BCUT2D eigenvalue weighted by molar-refractivity contribution is -0.145. The van der Waals surface area contributed by atoms with Gasteiger partial charge in [-0.25, -0.2) is 14.5 Å². The number of aromatic nitrogens is 6. The zero-order valence-corrected chi connectivity index (χ0v) is 21.6. The van der Waals surface area contributed by atoms with Crippen molar-refractivity contribution in [1.29, 1.82) is 0 Å². The third-order valence-corrected chi connectivity index (χ3v) is 6.17. The van der Waals surface area contributed by atoms with E-state index in [1.54, 1.807) is 42.1 Å². The number of hydrogen-bond acceptors (Lipinski definition) is 8. The molecule has 1 aromatic carbocycles. The highest BCUT2D eigenvalue weighted by Gasteiger charge is 2.45. The second kappa shape index (κ2) is 10.9. The number of alkyl halides is 3. The standard InChI is InChI=1S/C24H24F3N7O3.H2S/c1-3-37-22(35)16-11-28-34(14-16)23-30-18-12-29-33(20(18)21(31-23)36-2)13-15-6-8-17(9-7-15)32-10-4-5-19(32)24(25,26)27;/h6-9,11-12,14,19H,3-5,10,13H2,1-2H3;1H2/t19-;/m0./s1. The monoisotopic (exact) mass is 549 g/mol. The molecule has 4 aromatic rings. The van der Waals surface area contributed by atoms with E-state index in [1.807, 2.05) is 0 Å². The van der Waals surface area contributed by atoms with Gasteiger partial charge in [-0.15, -0.1) is 0 Å². The molecular weight excluding hydrogens is 523 g/mol. The first-order valence-corrected chi connectivity index (χ1v) is 11.7. The zero-order valence-electron chi connectivity index (χ0n) is 20.6. The minimum atomic E-state index is -4.25. The van der Waals surface area contributed by atoms with Gasteiger partial charge in [0.1, 0.15) is 17.1 Å². The van der Waals surface area contributed by atoms with Crippen LogP contribution in [-0.4, -0.2) is 68.0 Å². The van der Waals surface area contributed by atoms with Gasteiger partial charge in [0.05, 0.1) is 38.2 Å². The van der Waals surface area contributed by atoms with Crippen LogP contribution in [0.25, 0.3) is 17.0 Å². The number of rotatable bonds is 7. The minimum Gasteiger partial charge on any atom is -0.479 e. The molecule has 1 aliphatic heterocycles. The molecule has 1 atom stereocenters. The van der Waals surface area contributed by atoms with Gasteiger partial charge in [0.25, 0.3) is 5.95 Å². The molecule has 38 heavy (non-hydrogen) atoms. The van der Waals surface area contributed by atoms with E-state index in [-0.39, 0.29) is 43.9 Å². The quantitative estimate of drug-likeness (QED) is 0.320. The van der Waals surface area contributed by atoms with Gasteiger partial charge in [0.2, 0.25) is 5.88 Å². The van der Waals surface area contributed by atoms with Gasteiger partial charge in [0, 0.05) is 18.4 Å². The fraction of sp³-hybridized carbons (Fsp3) is 0.375. The number of carbonyl (C=O) groups is 1. The summed E-state index contributed by atoms with van der Waals surface area (Å²) in [7, 11) is 1.47. The highest BCUT2D eigenvalue weighted by molar-refractivity contribution is 7.59. The molecule has 0 saturated carbocycles. The molecule has 5 rings (SSSR count). The van der Waals surface area contributed by atoms with Crippen LogP contribution < -0.4 is 9.64 Å². The zero-order chi connectivity index (χ0) is 26.2. The predicted molar refractivity (Wildman–Crippen MR) is 137 cm³/mol. The molecule has 14 heteroatoms. The lowest BCUT2D eigenvalue weighted by atomic mass is 10.1. The Kier molecular flexibility index (Phi) is 7.81. The second-order valence-corrected chi connectivity index (χ2v) is 8.52. The van der Waals surface area contributed by atoms with Crippen molar-refractivity contribution >= 4 is 36.2 Å². The number of methoxy groups -OCH3 is 1. The van der Waals surface area contributed by atoms with Gasteiger partial charge in [-0.3, -0.25) is 4.68 Å². The Balaban J connectivity index is 0.00000336. The van der Waals surface area contributed by atoms with Gasteiger partial charge >= 0.3 is 12.1 Å². The highest BCUT2D eigenvalue weighted by Crippen LogP contribution is 2.36. The summed E-state index contributed by atoms with van der Waals surface area (Å²) in [5.74, 6) is -0.0553. The van der Waals surface area contributed by atoms with Crippen LogP contribution in [0, 0.1) is 0 Å². The maximum absolute atomic E-state index is 13.3. The van der Waals surface area contributed by atoms with Crippen molar-refractivity contribution in [2.24, 2.45) is 0 Å². The van der Waals surface area contributed by atoms with E-state index in [4.69, 9.17) is 9.47 Å². The van der Waals surface area contributed by atoms with E-state index in [2.05, 4.69) is 20.2 Å². The Morgan fingerprint density at radius 2 is 1.89 bits per heavy atom. The Hall–Kier alpha value is -3.81. The Labute approximate surface area is 222 Å². The molecular formula is C24H26F3N7O3S. The van der Waals surface area contributed by atoms with Gasteiger partial charge in [-0.2, -0.15) is 41.8 Å². The summed E-state index contributed by atoms with van der Waals surface area (Å²) in [6, 6.07) is 5.53. The fourth-order valence-corrected chi connectivity index (χ4v) is 4.45. The van der Waals surface area contributed by atoms with Crippen molar-refractivity contribution in [1.82, 2.24) is 29.5 Å². The molecule has 3 aromatic heterocycles. The summed E-state index contributed by atoms with van der Waals surface area (Å²) >= 11 is 0. The largest absolute Gasteiger partial charge is 0.479 e. The van der Waals surface area contributed by atoms with E-state index in [0.717, 1.165) is 5.56 Å². The van der Waals surface area contributed by atoms with Crippen molar-refractivity contribution < 1.29 is 27.4 Å². The van der Waals surface area contributed by atoms with Crippen LogP contribution in [0.2, 0.25) is 0 Å². The van der Waals surface area contributed by atoms with Crippen LogP contribution in [-0.2, 0) is 11.3 Å². The van der Waals surface area contributed by atoms with Crippen molar-refractivity contribution in [2.45, 2.75) is 38.5 Å². The number of halogens is 3. The number of nitrogens with zero attached hydrogens (tertiary/aromatic N) is 7. The van der Waals surface area contributed by atoms with Crippen LogP contribution >= 0.6 is 13.5 Å². The van der Waals surface area contributed by atoms with E-state index in [1.165, 1.54) is 29.1 Å². The first-order valence-electron chi connectivity index (χ1n) is 11.7. The molecule has 202 valence electrons. The molecule has 1 aliphatic rings. The normalized spacial score (nSPS) is 15.5. The molecule has 1 fully saturated rings. The van der Waals surface area contributed by atoms with Gasteiger partial charge in [-0.05, 0) is 37.5 Å². The molecule has 10 nitrogen and oxygen atoms in total. The van der Waals surface area contributed by atoms with Crippen LogP contribution in [0.3, 0.4) is 0 Å². The van der Waals surface area contributed by atoms with E-state index in [0.29, 0.717) is 36.2 Å². The topological polar surface area (TPSA) is 100 Å². The average molecular weight is 550 g/mol. The summed E-state index contributed by atoms with van der Waals surface area (Å²) in [6.45, 7) is 2.67. The molecule has 0 unspecified atom stereocenters. The molecule has 0 N–H and O–H groups in total. The van der Waals surface area contributed by atoms with Crippen LogP contribution in [0.15, 0.2) is 42.9 Å². The van der Waals surface area contributed by atoms with Crippen molar-refractivity contribution in [2.75, 3.05) is 25.2 Å². The maximum atomic E-state index is 13.3. The smallest absolute Gasteiger partial charge is 0.408 e. The van der Waals surface area contributed by atoms with E-state index in [9.17, 15) is 18.0 Å². The lowest BCUT2D eigenvalue weighted by Crippen LogP contribution is -2.41. The summed E-state index contributed by atoms with van der Waals surface area (Å²) in [5, 5.41) is 8.55. The summed E-state index contributed by atoms with van der Waals surface area (Å²) in [5.41, 5.74) is 2.69. The van der Waals surface area contributed by atoms with Gasteiger partial charge in [0.15, 0.2) is 0 Å². The second-order valence-electron chi connectivity index (χ2n) is 8.52. The van der Waals surface area contributed by atoms with Crippen LogP contribution in [0.5, 0.6) is 5.88 Å². The number of carbonyl (C=O) groups excluding carboxylic acids is 1. The lowest BCUT2D eigenvalue weighted by Gasteiger charge is -2.28. The van der Waals surface area contributed by atoms with Crippen molar-refractivity contribution in [3.05, 3.63) is 54.0 Å². The molecule has 0 bridgehead atoms. The molecule has 0 aliphatic carbocycles. The summed E-state index contributed by atoms with van der Waals surface area (Å²) in [4.78, 5) is 22.3. The molecule has 0 spiro atoms. The first-order chi connectivity index (χ1) is 17.8.